The minimum absolute atomic E-state index is 0.783. The number of nitrogens with one attached hydrogen (secondary N) is 1. The van der Waals surface area contributed by atoms with E-state index in [-0.39, 0.29) is 0 Å². The van der Waals surface area contributed by atoms with Gasteiger partial charge in [0, 0.05) is 12.1 Å². The summed E-state index contributed by atoms with van der Waals surface area (Å²) in [5, 5.41) is 3.50. The SMILES string of the molecule is CC1CC2(CCN(C3CCN(C4CCNCC4)CC3)CC2)C1. The number of hydrogen-bond donors (Lipinski definition) is 1. The normalized spacial score (nSPS) is 33.1. The first-order valence-corrected chi connectivity index (χ1v) is 9.93. The Morgan fingerprint density at radius 1 is 0.773 bits per heavy atom. The number of rotatable bonds is 2. The van der Waals surface area contributed by atoms with Crippen LogP contribution < -0.4 is 5.32 Å². The Labute approximate surface area is 136 Å². The van der Waals surface area contributed by atoms with Crippen LogP contribution in [0.1, 0.15) is 58.3 Å². The van der Waals surface area contributed by atoms with Crippen molar-refractivity contribution in [2.45, 2.75) is 70.4 Å². The van der Waals surface area contributed by atoms with Gasteiger partial charge in [-0.1, -0.05) is 6.92 Å². The average Bonchev–Trinajstić information content (AvgIpc) is 2.55. The van der Waals surface area contributed by atoms with E-state index in [9.17, 15) is 0 Å². The highest BCUT2D eigenvalue weighted by molar-refractivity contribution is 4.97. The molecule has 3 heterocycles. The summed E-state index contributed by atoms with van der Waals surface area (Å²) in [5.41, 5.74) is 0.783. The van der Waals surface area contributed by atoms with Gasteiger partial charge in [-0.05, 0) is 102 Å². The Morgan fingerprint density at radius 3 is 1.91 bits per heavy atom. The minimum atomic E-state index is 0.783. The van der Waals surface area contributed by atoms with Gasteiger partial charge in [-0.25, -0.2) is 0 Å². The molecule has 4 rings (SSSR count). The Kier molecular flexibility index (Phi) is 4.49. The fraction of sp³-hybridized carbons (Fsp3) is 1.00. The quantitative estimate of drug-likeness (QED) is 0.846. The molecule has 1 N–H and O–H groups in total. The van der Waals surface area contributed by atoms with Gasteiger partial charge in [0.25, 0.3) is 0 Å². The first-order valence-electron chi connectivity index (χ1n) is 9.93. The first-order chi connectivity index (χ1) is 10.7. The zero-order valence-corrected chi connectivity index (χ0v) is 14.5. The highest BCUT2D eigenvalue weighted by atomic mass is 15.2. The zero-order valence-electron chi connectivity index (χ0n) is 14.5. The molecule has 3 heteroatoms. The fourth-order valence-electron chi connectivity index (χ4n) is 5.98. The molecule has 0 aromatic heterocycles. The van der Waals surface area contributed by atoms with Gasteiger partial charge in [0.2, 0.25) is 0 Å². The second-order valence-electron chi connectivity index (χ2n) is 8.80. The van der Waals surface area contributed by atoms with E-state index in [0.29, 0.717) is 0 Å². The summed E-state index contributed by atoms with van der Waals surface area (Å²) >= 11 is 0. The largest absolute Gasteiger partial charge is 0.317 e. The van der Waals surface area contributed by atoms with Gasteiger partial charge in [0.15, 0.2) is 0 Å². The smallest absolute Gasteiger partial charge is 0.0120 e. The topological polar surface area (TPSA) is 18.5 Å². The van der Waals surface area contributed by atoms with Crippen LogP contribution in [0.3, 0.4) is 0 Å². The van der Waals surface area contributed by atoms with Crippen molar-refractivity contribution in [1.82, 2.24) is 15.1 Å². The lowest BCUT2D eigenvalue weighted by Gasteiger charge is -2.53. The lowest BCUT2D eigenvalue weighted by Crippen LogP contribution is -2.54. The highest BCUT2D eigenvalue weighted by Gasteiger charge is 2.44. The van der Waals surface area contributed by atoms with Gasteiger partial charge in [0.1, 0.15) is 0 Å². The molecule has 0 aromatic carbocycles. The van der Waals surface area contributed by atoms with Crippen molar-refractivity contribution in [2.24, 2.45) is 11.3 Å². The summed E-state index contributed by atoms with van der Waals surface area (Å²) in [7, 11) is 0. The van der Waals surface area contributed by atoms with E-state index in [0.717, 1.165) is 23.4 Å². The molecule has 0 radical (unpaired) electrons. The van der Waals surface area contributed by atoms with Gasteiger partial charge in [0.05, 0.1) is 0 Å². The van der Waals surface area contributed by atoms with Crippen molar-refractivity contribution in [2.75, 3.05) is 39.3 Å². The van der Waals surface area contributed by atoms with Crippen molar-refractivity contribution < 1.29 is 0 Å². The van der Waals surface area contributed by atoms with Gasteiger partial charge < -0.3 is 15.1 Å². The van der Waals surface area contributed by atoms with Crippen LogP contribution >= 0.6 is 0 Å². The van der Waals surface area contributed by atoms with Crippen molar-refractivity contribution in [1.29, 1.82) is 0 Å². The standard InChI is InChI=1S/C19H35N3/c1-16-14-19(15-16)6-12-22(13-7-19)18-4-10-21(11-5-18)17-2-8-20-9-3-17/h16-18,20H,2-15H2,1H3. The predicted molar refractivity (Wildman–Crippen MR) is 92.1 cm³/mol. The lowest BCUT2D eigenvalue weighted by atomic mass is 9.58. The number of hydrogen-bond acceptors (Lipinski definition) is 3. The predicted octanol–water partition coefficient (Wildman–Crippen LogP) is 2.71. The van der Waals surface area contributed by atoms with Crippen molar-refractivity contribution in [3.63, 3.8) is 0 Å². The minimum Gasteiger partial charge on any atom is -0.317 e. The molecule has 3 nitrogen and oxygen atoms in total. The first kappa shape index (κ1) is 15.4. The van der Waals surface area contributed by atoms with Gasteiger partial charge in [-0.15, -0.1) is 0 Å². The maximum Gasteiger partial charge on any atom is 0.0120 e. The van der Waals surface area contributed by atoms with Crippen molar-refractivity contribution in [3.05, 3.63) is 0 Å². The van der Waals surface area contributed by atoms with E-state index in [4.69, 9.17) is 0 Å². The maximum absolute atomic E-state index is 3.50. The molecule has 0 amide bonds. The Hall–Kier alpha value is -0.120. The molecular weight excluding hydrogens is 270 g/mol. The van der Waals surface area contributed by atoms with Gasteiger partial charge in [-0.2, -0.15) is 0 Å². The fourth-order valence-corrected chi connectivity index (χ4v) is 5.98. The zero-order chi connectivity index (χ0) is 15.0. The molecular formula is C19H35N3. The van der Waals surface area contributed by atoms with E-state index in [1.165, 1.54) is 90.6 Å². The van der Waals surface area contributed by atoms with E-state index < -0.39 is 0 Å². The molecule has 1 aliphatic carbocycles. The molecule has 0 aromatic rings. The third kappa shape index (κ3) is 3.09. The number of likely N-dealkylation sites (tertiary alicyclic amines) is 2. The lowest BCUT2D eigenvalue weighted by molar-refractivity contribution is -0.0288. The molecule has 22 heavy (non-hydrogen) atoms. The Balaban J connectivity index is 1.22. The number of piperidine rings is 3. The maximum atomic E-state index is 3.50. The van der Waals surface area contributed by atoms with Crippen LogP contribution in [0.2, 0.25) is 0 Å². The summed E-state index contributed by atoms with van der Waals surface area (Å²) in [6.45, 7) is 10.4. The van der Waals surface area contributed by atoms with Crippen LogP contribution in [0.25, 0.3) is 0 Å². The highest BCUT2D eigenvalue weighted by Crippen LogP contribution is 2.52. The third-order valence-corrected chi connectivity index (χ3v) is 7.26. The molecule has 126 valence electrons. The summed E-state index contributed by atoms with van der Waals surface area (Å²) in [6.07, 6.45) is 11.6. The molecule has 0 bridgehead atoms. The summed E-state index contributed by atoms with van der Waals surface area (Å²) in [5.74, 6) is 1.01. The molecule has 3 saturated heterocycles. The summed E-state index contributed by atoms with van der Waals surface area (Å²) in [6, 6.07) is 1.77. The molecule has 1 spiro atoms. The van der Waals surface area contributed by atoms with E-state index in [1.54, 1.807) is 0 Å². The van der Waals surface area contributed by atoms with Crippen LogP contribution in [0, 0.1) is 11.3 Å². The van der Waals surface area contributed by atoms with Crippen molar-refractivity contribution >= 4 is 0 Å². The van der Waals surface area contributed by atoms with Gasteiger partial charge in [-0.3, -0.25) is 0 Å². The number of nitrogens with zero attached hydrogens (tertiary/aromatic N) is 2. The molecule has 1 saturated carbocycles. The summed E-state index contributed by atoms with van der Waals surface area (Å²) in [4.78, 5) is 5.66. The molecule has 3 aliphatic heterocycles. The second kappa shape index (κ2) is 6.41. The van der Waals surface area contributed by atoms with Crippen molar-refractivity contribution in [3.8, 4) is 0 Å². The monoisotopic (exact) mass is 305 g/mol. The summed E-state index contributed by atoms with van der Waals surface area (Å²) < 4.78 is 0. The van der Waals surface area contributed by atoms with Crippen LogP contribution in [0.4, 0.5) is 0 Å². The van der Waals surface area contributed by atoms with E-state index in [1.807, 2.05) is 0 Å². The van der Waals surface area contributed by atoms with E-state index >= 15 is 0 Å². The molecule has 0 atom stereocenters. The molecule has 4 fully saturated rings. The second-order valence-corrected chi connectivity index (χ2v) is 8.80. The van der Waals surface area contributed by atoms with Crippen LogP contribution in [0.15, 0.2) is 0 Å². The average molecular weight is 306 g/mol. The van der Waals surface area contributed by atoms with E-state index in [2.05, 4.69) is 22.0 Å². The van der Waals surface area contributed by atoms with Crippen LogP contribution in [0.5, 0.6) is 0 Å². The van der Waals surface area contributed by atoms with Crippen LogP contribution in [-0.2, 0) is 0 Å². The molecule has 0 unspecified atom stereocenters. The van der Waals surface area contributed by atoms with Gasteiger partial charge >= 0.3 is 0 Å². The third-order valence-electron chi connectivity index (χ3n) is 7.26. The Bertz CT molecular complexity index is 353. The molecule has 4 aliphatic rings. The van der Waals surface area contributed by atoms with Crippen LogP contribution in [-0.4, -0.2) is 61.2 Å². The Morgan fingerprint density at radius 2 is 1.32 bits per heavy atom.